The summed E-state index contributed by atoms with van der Waals surface area (Å²) in [6.45, 7) is 1.86. The summed E-state index contributed by atoms with van der Waals surface area (Å²) in [6, 6.07) is 5.16. The van der Waals surface area contributed by atoms with Crippen LogP contribution in [0.25, 0.3) is 0 Å². The van der Waals surface area contributed by atoms with Crippen molar-refractivity contribution in [1.82, 2.24) is 9.78 Å². The van der Waals surface area contributed by atoms with Crippen molar-refractivity contribution >= 4 is 34.8 Å². The molecule has 102 valence electrons. The van der Waals surface area contributed by atoms with Crippen LogP contribution in [-0.2, 0) is 13.5 Å². The zero-order valence-corrected chi connectivity index (χ0v) is 12.9. The molecule has 2 rings (SSSR count). The molecule has 2 N–H and O–H groups in total. The number of nitrogens with two attached hydrogens (primary N) is 1. The molecule has 0 aliphatic rings. The first-order valence-corrected chi connectivity index (χ1v) is 6.92. The number of nitrogens with zero attached hydrogens (tertiary/aromatic N) is 2. The van der Waals surface area contributed by atoms with E-state index in [1.54, 1.807) is 10.7 Å². The normalized spacial score (nSPS) is 12.7. The highest BCUT2D eigenvalue weighted by Gasteiger charge is 2.18. The Labute approximate surface area is 127 Å². The van der Waals surface area contributed by atoms with E-state index in [9.17, 15) is 0 Å². The van der Waals surface area contributed by atoms with Gasteiger partial charge in [0.25, 0.3) is 0 Å². The van der Waals surface area contributed by atoms with Gasteiger partial charge in [0.15, 0.2) is 0 Å². The van der Waals surface area contributed by atoms with E-state index in [2.05, 4.69) is 5.10 Å². The fourth-order valence-electron chi connectivity index (χ4n) is 2.03. The van der Waals surface area contributed by atoms with Gasteiger partial charge in [0.2, 0.25) is 0 Å². The summed E-state index contributed by atoms with van der Waals surface area (Å²) in [5.41, 5.74) is 8.70. The molecule has 0 radical (unpaired) electrons. The maximum Gasteiger partial charge on any atom is 0.0847 e. The van der Waals surface area contributed by atoms with Crippen LogP contribution in [0.5, 0.6) is 0 Å². The van der Waals surface area contributed by atoms with E-state index in [0.29, 0.717) is 21.5 Å². The molecule has 0 bridgehead atoms. The zero-order chi connectivity index (χ0) is 14.2. The maximum atomic E-state index is 6.22. The molecule has 0 saturated carbocycles. The van der Waals surface area contributed by atoms with Gasteiger partial charge in [-0.1, -0.05) is 46.9 Å². The maximum absolute atomic E-state index is 6.22. The Balaban J connectivity index is 2.31. The number of aryl methyl sites for hydroxylation is 2. The smallest absolute Gasteiger partial charge is 0.0847 e. The van der Waals surface area contributed by atoms with Crippen LogP contribution in [-0.4, -0.2) is 9.78 Å². The highest BCUT2D eigenvalue weighted by Crippen LogP contribution is 2.31. The molecule has 0 aliphatic heterocycles. The minimum Gasteiger partial charge on any atom is -0.324 e. The number of hydrogen-bond donors (Lipinski definition) is 1. The first kappa shape index (κ1) is 14.7. The van der Waals surface area contributed by atoms with E-state index in [0.717, 1.165) is 17.0 Å². The first-order valence-electron chi connectivity index (χ1n) is 5.79. The predicted octanol–water partition coefficient (Wildman–Crippen LogP) is 3.93. The van der Waals surface area contributed by atoms with Gasteiger partial charge in [0.05, 0.1) is 26.5 Å². The molecule has 1 unspecified atom stereocenters. The number of halogens is 3. The van der Waals surface area contributed by atoms with Crippen LogP contribution in [0, 0.1) is 6.92 Å². The third-order valence-electron chi connectivity index (χ3n) is 3.06. The molecule has 0 saturated heterocycles. The van der Waals surface area contributed by atoms with Gasteiger partial charge >= 0.3 is 0 Å². The molecule has 0 amide bonds. The predicted molar refractivity (Wildman–Crippen MR) is 80.0 cm³/mol. The summed E-state index contributed by atoms with van der Waals surface area (Å²) < 4.78 is 1.75. The van der Waals surface area contributed by atoms with Crippen LogP contribution < -0.4 is 5.73 Å². The second-order valence-corrected chi connectivity index (χ2v) is 5.59. The largest absolute Gasteiger partial charge is 0.324 e. The van der Waals surface area contributed by atoms with Gasteiger partial charge in [-0.05, 0) is 18.6 Å². The summed E-state index contributed by atoms with van der Waals surface area (Å²) in [4.78, 5) is 0. The summed E-state index contributed by atoms with van der Waals surface area (Å²) in [6.07, 6.45) is 0.552. The Hall–Kier alpha value is -0.740. The fourth-order valence-corrected chi connectivity index (χ4v) is 2.71. The summed E-state index contributed by atoms with van der Waals surface area (Å²) in [5.74, 6) is 0. The Morgan fingerprint density at radius 3 is 2.53 bits per heavy atom. The second-order valence-electron chi connectivity index (χ2n) is 4.42. The van der Waals surface area contributed by atoms with Crippen molar-refractivity contribution in [2.24, 2.45) is 12.8 Å². The lowest BCUT2D eigenvalue weighted by Crippen LogP contribution is -2.16. The SMILES string of the molecule is Cc1nn(C)c(CC(N)c2cccc(Cl)c2Cl)c1Cl. The van der Waals surface area contributed by atoms with E-state index in [1.165, 1.54) is 0 Å². The summed E-state index contributed by atoms with van der Waals surface area (Å²) in [5, 5.41) is 5.91. The molecule has 0 spiro atoms. The molecule has 2 aromatic rings. The average molecular weight is 319 g/mol. The average Bonchev–Trinajstić information content (AvgIpc) is 2.59. The Bertz CT molecular complexity index is 607. The molecule has 1 heterocycles. The third kappa shape index (κ3) is 2.90. The van der Waals surface area contributed by atoms with Crippen molar-refractivity contribution in [2.75, 3.05) is 0 Å². The highest BCUT2D eigenvalue weighted by molar-refractivity contribution is 6.42. The highest BCUT2D eigenvalue weighted by atomic mass is 35.5. The van der Waals surface area contributed by atoms with Crippen LogP contribution in [0.15, 0.2) is 18.2 Å². The molecule has 0 aliphatic carbocycles. The number of rotatable bonds is 3. The van der Waals surface area contributed by atoms with E-state index in [1.807, 2.05) is 26.1 Å². The van der Waals surface area contributed by atoms with Crippen molar-refractivity contribution in [3.8, 4) is 0 Å². The lowest BCUT2D eigenvalue weighted by molar-refractivity contribution is 0.640. The van der Waals surface area contributed by atoms with Crippen LogP contribution in [0.1, 0.15) is 23.0 Å². The lowest BCUT2D eigenvalue weighted by Gasteiger charge is -2.15. The van der Waals surface area contributed by atoms with Crippen molar-refractivity contribution in [2.45, 2.75) is 19.4 Å². The quantitative estimate of drug-likeness (QED) is 0.932. The van der Waals surface area contributed by atoms with Crippen molar-refractivity contribution < 1.29 is 0 Å². The monoisotopic (exact) mass is 317 g/mol. The Morgan fingerprint density at radius 1 is 1.26 bits per heavy atom. The van der Waals surface area contributed by atoms with Crippen LogP contribution >= 0.6 is 34.8 Å². The van der Waals surface area contributed by atoms with Crippen molar-refractivity contribution in [1.29, 1.82) is 0 Å². The van der Waals surface area contributed by atoms with Crippen LogP contribution in [0.2, 0.25) is 15.1 Å². The van der Waals surface area contributed by atoms with Gasteiger partial charge in [0.1, 0.15) is 0 Å². The molecule has 6 heteroatoms. The summed E-state index contributed by atoms with van der Waals surface area (Å²) in [7, 11) is 1.85. The zero-order valence-electron chi connectivity index (χ0n) is 10.6. The first-order chi connectivity index (χ1) is 8.91. The molecular formula is C13H14Cl3N3. The van der Waals surface area contributed by atoms with E-state index < -0.39 is 0 Å². The second kappa shape index (κ2) is 5.71. The molecule has 0 fully saturated rings. The van der Waals surface area contributed by atoms with Gasteiger partial charge in [-0.2, -0.15) is 5.10 Å². The van der Waals surface area contributed by atoms with Gasteiger partial charge in [-0.25, -0.2) is 0 Å². The third-order valence-corrected chi connectivity index (χ3v) is 4.38. The number of hydrogen-bond acceptors (Lipinski definition) is 2. The molecular weight excluding hydrogens is 305 g/mol. The number of aromatic nitrogens is 2. The molecule has 1 aromatic heterocycles. The van der Waals surface area contributed by atoms with Crippen LogP contribution in [0.4, 0.5) is 0 Å². The van der Waals surface area contributed by atoms with Gasteiger partial charge < -0.3 is 5.73 Å². The lowest BCUT2D eigenvalue weighted by atomic mass is 10.0. The standard InChI is InChI=1S/C13H14Cl3N3/c1-7-12(15)11(19(2)18-7)6-10(17)8-4-3-5-9(14)13(8)16/h3-5,10H,6,17H2,1-2H3. The van der Waals surface area contributed by atoms with Gasteiger partial charge in [-0.3, -0.25) is 4.68 Å². The fraction of sp³-hybridized carbons (Fsp3) is 0.308. The topological polar surface area (TPSA) is 43.8 Å². The Morgan fingerprint density at radius 2 is 1.95 bits per heavy atom. The van der Waals surface area contributed by atoms with Gasteiger partial charge in [0, 0.05) is 19.5 Å². The van der Waals surface area contributed by atoms with E-state index in [-0.39, 0.29) is 6.04 Å². The van der Waals surface area contributed by atoms with Crippen molar-refractivity contribution in [3.05, 3.63) is 50.2 Å². The van der Waals surface area contributed by atoms with E-state index >= 15 is 0 Å². The number of benzene rings is 1. The minimum atomic E-state index is -0.279. The molecule has 19 heavy (non-hydrogen) atoms. The van der Waals surface area contributed by atoms with Crippen LogP contribution in [0.3, 0.4) is 0 Å². The molecule has 1 aromatic carbocycles. The molecule has 3 nitrogen and oxygen atoms in total. The Kier molecular flexibility index (Phi) is 4.41. The summed E-state index contributed by atoms with van der Waals surface area (Å²) >= 11 is 18.4. The van der Waals surface area contributed by atoms with Crippen molar-refractivity contribution in [3.63, 3.8) is 0 Å². The molecule has 1 atom stereocenters. The minimum absolute atomic E-state index is 0.279. The van der Waals surface area contributed by atoms with E-state index in [4.69, 9.17) is 40.5 Å². The van der Waals surface area contributed by atoms with Gasteiger partial charge in [-0.15, -0.1) is 0 Å².